The minimum atomic E-state index is -0.473. The van der Waals surface area contributed by atoms with Crippen LogP contribution in [0.2, 0.25) is 0 Å². The first-order valence-corrected chi connectivity index (χ1v) is 5.70. The molecule has 0 heterocycles. The van der Waals surface area contributed by atoms with Gasteiger partial charge in [0, 0.05) is 9.82 Å². The lowest BCUT2D eigenvalue weighted by Crippen LogP contribution is -2.02. The number of hydrogen-bond acceptors (Lipinski definition) is 3. The molecule has 1 rings (SSSR count). The predicted molar refractivity (Wildman–Crippen MR) is 56.6 cm³/mol. The first-order valence-electron chi connectivity index (χ1n) is 3.69. The maximum atomic E-state index is 13.1. The average Bonchev–Trinajstić information content (AvgIpc) is 2.13. The van der Waals surface area contributed by atoms with E-state index in [9.17, 15) is 14.5 Å². The number of benzene rings is 1. The molecular weight excluding hydrogens is 273 g/mol. The number of rotatable bonds is 3. The standard InChI is InChI=1S/C8H7BrFNO2S/c1-14-7-3-2-6(10)8(9)5(7)4-11(12)13/h2-3H,4H2,1H3. The van der Waals surface area contributed by atoms with Gasteiger partial charge in [0.05, 0.1) is 10.0 Å². The zero-order chi connectivity index (χ0) is 10.7. The molecule has 1 aromatic rings. The third kappa shape index (κ3) is 2.45. The summed E-state index contributed by atoms with van der Waals surface area (Å²) < 4.78 is 13.2. The van der Waals surface area contributed by atoms with Gasteiger partial charge in [-0.1, -0.05) is 0 Å². The molecule has 0 saturated carbocycles. The van der Waals surface area contributed by atoms with Gasteiger partial charge in [-0.25, -0.2) is 4.39 Å². The first-order chi connectivity index (χ1) is 6.56. The maximum Gasteiger partial charge on any atom is 0.231 e. The molecule has 0 unspecified atom stereocenters. The third-order valence-electron chi connectivity index (χ3n) is 1.66. The minimum Gasteiger partial charge on any atom is -0.264 e. The summed E-state index contributed by atoms with van der Waals surface area (Å²) in [6, 6.07) is 2.84. The van der Waals surface area contributed by atoms with E-state index in [-0.39, 0.29) is 11.0 Å². The largest absolute Gasteiger partial charge is 0.264 e. The SMILES string of the molecule is CSc1ccc(F)c(Br)c1C[N+](=O)[O-]. The van der Waals surface area contributed by atoms with Crippen LogP contribution in [0, 0.1) is 15.9 Å². The van der Waals surface area contributed by atoms with Crippen LogP contribution < -0.4 is 0 Å². The molecule has 0 N–H and O–H groups in total. The molecule has 0 spiro atoms. The van der Waals surface area contributed by atoms with Crippen LogP contribution in [0.5, 0.6) is 0 Å². The van der Waals surface area contributed by atoms with Crippen LogP contribution in [0.25, 0.3) is 0 Å². The molecule has 0 atom stereocenters. The third-order valence-corrected chi connectivity index (χ3v) is 3.34. The molecule has 0 radical (unpaired) electrons. The Morgan fingerprint density at radius 1 is 1.64 bits per heavy atom. The van der Waals surface area contributed by atoms with E-state index in [2.05, 4.69) is 15.9 Å². The quantitative estimate of drug-likeness (QED) is 0.485. The highest BCUT2D eigenvalue weighted by atomic mass is 79.9. The zero-order valence-electron chi connectivity index (χ0n) is 7.29. The Labute approximate surface area is 93.0 Å². The van der Waals surface area contributed by atoms with Gasteiger partial charge in [0.25, 0.3) is 0 Å². The summed E-state index contributed by atoms with van der Waals surface area (Å²) in [5, 5.41) is 10.4. The molecule has 0 bridgehead atoms. The Kier molecular flexibility index (Phi) is 3.88. The van der Waals surface area contributed by atoms with Gasteiger partial charge < -0.3 is 0 Å². The van der Waals surface area contributed by atoms with E-state index in [1.54, 1.807) is 12.3 Å². The Hall–Kier alpha value is -0.620. The van der Waals surface area contributed by atoms with Crippen molar-refractivity contribution in [1.82, 2.24) is 0 Å². The van der Waals surface area contributed by atoms with E-state index in [4.69, 9.17) is 0 Å². The number of thioether (sulfide) groups is 1. The Morgan fingerprint density at radius 2 is 2.29 bits per heavy atom. The molecule has 1 aromatic carbocycles. The highest BCUT2D eigenvalue weighted by Crippen LogP contribution is 2.30. The minimum absolute atomic E-state index is 0.182. The van der Waals surface area contributed by atoms with Crippen molar-refractivity contribution in [2.75, 3.05) is 6.26 Å². The summed E-state index contributed by atoms with van der Waals surface area (Å²) in [4.78, 5) is 10.6. The molecule has 76 valence electrons. The highest BCUT2D eigenvalue weighted by Gasteiger charge is 2.15. The Balaban J connectivity index is 3.20. The van der Waals surface area contributed by atoms with E-state index >= 15 is 0 Å². The first kappa shape index (κ1) is 11.5. The van der Waals surface area contributed by atoms with Crippen LogP contribution in [0.1, 0.15) is 5.56 Å². The average molecular weight is 280 g/mol. The number of nitrogens with zero attached hydrogens (tertiary/aromatic N) is 1. The van der Waals surface area contributed by atoms with Crippen molar-refractivity contribution in [2.24, 2.45) is 0 Å². The lowest BCUT2D eigenvalue weighted by molar-refractivity contribution is -0.497. The van der Waals surface area contributed by atoms with Crippen LogP contribution in [-0.2, 0) is 6.54 Å². The van der Waals surface area contributed by atoms with Gasteiger partial charge in [-0.3, -0.25) is 10.1 Å². The summed E-state index contributed by atoms with van der Waals surface area (Å²) >= 11 is 4.37. The van der Waals surface area contributed by atoms with E-state index in [1.807, 2.05) is 0 Å². The van der Waals surface area contributed by atoms with Crippen LogP contribution >= 0.6 is 27.7 Å². The highest BCUT2D eigenvalue weighted by molar-refractivity contribution is 9.10. The normalized spacial score (nSPS) is 10.2. The number of hydrogen-bond donors (Lipinski definition) is 0. The molecule has 0 fully saturated rings. The van der Waals surface area contributed by atoms with Gasteiger partial charge in [-0.05, 0) is 34.3 Å². The van der Waals surface area contributed by atoms with E-state index in [0.29, 0.717) is 5.56 Å². The summed E-state index contributed by atoms with van der Waals surface area (Å²) in [5.74, 6) is -0.473. The van der Waals surface area contributed by atoms with Gasteiger partial charge in [0.1, 0.15) is 5.82 Å². The van der Waals surface area contributed by atoms with Crippen molar-refractivity contribution in [3.05, 3.63) is 38.1 Å². The van der Waals surface area contributed by atoms with Gasteiger partial charge in [-0.15, -0.1) is 11.8 Å². The second-order valence-corrected chi connectivity index (χ2v) is 4.17. The lowest BCUT2D eigenvalue weighted by atomic mass is 10.2. The zero-order valence-corrected chi connectivity index (χ0v) is 9.69. The molecule has 0 aliphatic heterocycles. The molecule has 14 heavy (non-hydrogen) atoms. The molecule has 6 heteroatoms. The van der Waals surface area contributed by atoms with Gasteiger partial charge in [0.15, 0.2) is 0 Å². The van der Waals surface area contributed by atoms with Crippen molar-refractivity contribution in [3.63, 3.8) is 0 Å². The van der Waals surface area contributed by atoms with Crippen molar-refractivity contribution in [2.45, 2.75) is 11.4 Å². The van der Waals surface area contributed by atoms with E-state index in [1.165, 1.54) is 17.8 Å². The lowest BCUT2D eigenvalue weighted by Gasteiger charge is -2.06. The van der Waals surface area contributed by atoms with Gasteiger partial charge in [-0.2, -0.15) is 0 Å². The molecule has 0 aromatic heterocycles. The molecule has 3 nitrogen and oxygen atoms in total. The van der Waals surface area contributed by atoms with Crippen molar-refractivity contribution in [3.8, 4) is 0 Å². The second kappa shape index (κ2) is 4.75. The fourth-order valence-electron chi connectivity index (χ4n) is 1.04. The Morgan fingerprint density at radius 3 is 2.79 bits per heavy atom. The fraction of sp³-hybridized carbons (Fsp3) is 0.250. The van der Waals surface area contributed by atoms with Crippen LogP contribution in [0.3, 0.4) is 0 Å². The van der Waals surface area contributed by atoms with E-state index in [0.717, 1.165) is 4.90 Å². The van der Waals surface area contributed by atoms with Crippen LogP contribution in [0.15, 0.2) is 21.5 Å². The summed E-state index contributed by atoms with van der Waals surface area (Å²) in [7, 11) is 0. The maximum absolute atomic E-state index is 13.1. The monoisotopic (exact) mass is 279 g/mol. The fourth-order valence-corrected chi connectivity index (χ4v) is 2.26. The molecule has 0 aliphatic rings. The van der Waals surface area contributed by atoms with Crippen molar-refractivity contribution in [1.29, 1.82) is 0 Å². The number of nitro groups is 1. The molecule has 0 amide bonds. The summed E-state index contributed by atoms with van der Waals surface area (Å²) in [6.07, 6.45) is 1.79. The molecule has 0 aliphatic carbocycles. The summed E-state index contributed by atoms with van der Waals surface area (Å²) in [5.41, 5.74) is 0.391. The number of halogens is 2. The Bertz CT molecular complexity index is 373. The van der Waals surface area contributed by atoms with Crippen LogP contribution in [-0.4, -0.2) is 11.2 Å². The van der Waals surface area contributed by atoms with Gasteiger partial charge >= 0.3 is 0 Å². The predicted octanol–water partition coefficient (Wildman–Crippen LogP) is 3.09. The van der Waals surface area contributed by atoms with Gasteiger partial charge in [0.2, 0.25) is 6.54 Å². The summed E-state index contributed by atoms with van der Waals surface area (Å²) in [6.45, 7) is -0.367. The topological polar surface area (TPSA) is 43.1 Å². The van der Waals surface area contributed by atoms with Crippen molar-refractivity contribution >= 4 is 27.7 Å². The molecular formula is C8H7BrFNO2S. The van der Waals surface area contributed by atoms with Crippen molar-refractivity contribution < 1.29 is 9.31 Å². The van der Waals surface area contributed by atoms with E-state index < -0.39 is 10.7 Å². The second-order valence-electron chi connectivity index (χ2n) is 2.53. The van der Waals surface area contributed by atoms with Crippen LogP contribution in [0.4, 0.5) is 4.39 Å². The smallest absolute Gasteiger partial charge is 0.231 e. The molecule has 0 saturated heterocycles.